The Bertz CT molecular complexity index is 651. The summed E-state index contributed by atoms with van der Waals surface area (Å²) in [6.45, 7) is 3.93. The maximum absolute atomic E-state index is 5.18. The topological polar surface area (TPSA) is 54.7 Å². The first-order chi connectivity index (χ1) is 7.74. The van der Waals surface area contributed by atoms with Crippen LogP contribution >= 0.6 is 0 Å². The number of nitrogens with one attached hydrogen (secondary N) is 1. The zero-order valence-corrected chi connectivity index (χ0v) is 9.11. The van der Waals surface area contributed by atoms with Gasteiger partial charge in [0.2, 0.25) is 5.76 Å². The van der Waals surface area contributed by atoms with Crippen molar-refractivity contribution < 1.29 is 4.52 Å². The molecular weight excluding hydrogens is 202 g/mol. The molecule has 1 N–H and O–H groups in total. The maximum Gasteiger partial charge on any atom is 0.202 e. The molecule has 1 aromatic carbocycles. The summed E-state index contributed by atoms with van der Waals surface area (Å²) in [7, 11) is 0. The van der Waals surface area contributed by atoms with Crippen LogP contribution in [0.3, 0.4) is 0 Å². The highest BCUT2D eigenvalue weighted by atomic mass is 16.5. The Labute approximate surface area is 92.3 Å². The lowest BCUT2D eigenvalue weighted by Crippen LogP contribution is -1.76. The van der Waals surface area contributed by atoms with Gasteiger partial charge in [0.1, 0.15) is 0 Å². The largest absolute Gasteiger partial charge is 0.353 e. The third-order valence-corrected chi connectivity index (χ3v) is 2.58. The zero-order chi connectivity index (χ0) is 11.1. The Morgan fingerprint density at radius 2 is 2.12 bits per heavy atom. The molecule has 0 aliphatic carbocycles. The van der Waals surface area contributed by atoms with E-state index in [0.717, 1.165) is 28.1 Å². The molecule has 0 saturated heterocycles. The monoisotopic (exact) mass is 213 g/mol. The van der Waals surface area contributed by atoms with Crippen LogP contribution in [-0.2, 0) is 0 Å². The van der Waals surface area contributed by atoms with Crippen molar-refractivity contribution in [2.45, 2.75) is 13.8 Å². The first kappa shape index (κ1) is 9.15. The van der Waals surface area contributed by atoms with Crippen LogP contribution in [0.5, 0.6) is 0 Å². The molecule has 3 aromatic rings. The van der Waals surface area contributed by atoms with E-state index in [0.29, 0.717) is 5.76 Å². The lowest BCUT2D eigenvalue weighted by Gasteiger charge is -1.90. The average molecular weight is 213 g/mol. The number of imidazole rings is 1. The number of aromatic nitrogens is 3. The van der Waals surface area contributed by atoms with Gasteiger partial charge in [-0.05, 0) is 25.5 Å². The maximum atomic E-state index is 5.18. The lowest BCUT2D eigenvalue weighted by molar-refractivity contribution is 0.425. The van der Waals surface area contributed by atoms with Gasteiger partial charge in [-0.3, -0.25) is 0 Å². The molecule has 0 aliphatic heterocycles. The molecule has 80 valence electrons. The first-order valence-corrected chi connectivity index (χ1v) is 5.13. The molecule has 16 heavy (non-hydrogen) atoms. The van der Waals surface area contributed by atoms with E-state index in [1.165, 1.54) is 0 Å². The molecule has 2 aromatic heterocycles. The second-order valence-electron chi connectivity index (χ2n) is 3.89. The molecule has 0 atom stereocenters. The normalized spacial score (nSPS) is 11.1. The van der Waals surface area contributed by atoms with Crippen LogP contribution < -0.4 is 0 Å². The van der Waals surface area contributed by atoms with E-state index in [-0.39, 0.29) is 0 Å². The van der Waals surface area contributed by atoms with E-state index in [9.17, 15) is 0 Å². The highest BCUT2D eigenvalue weighted by Crippen LogP contribution is 2.22. The minimum Gasteiger partial charge on any atom is -0.353 e. The summed E-state index contributed by atoms with van der Waals surface area (Å²) in [4.78, 5) is 7.73. The van der Waals surface area contributed by atoms with Crippen molar-refractivity contribution in [3.8, 4) is 11.6 Å². The standard InChI is InChI=1S/C12H11N3O/c1-7-4-3-5-9-11(7)14-12(13-9)10-6-8(2)15-16-10/h3-6H,1-2H3,(H,13,14). The molecular formula is C12H11N3O. The summed E-state index contributed by atoms with van der Waals surface area (Å²) >= 11 is 0. The predicted molar refractivity (Wildman–Crippen MR) is 61.1 cm³/mol. The van der Waals surface area contributed by atoms with E-state index < -0.39 is 0 Å². The fourth-order valence-electron chi connectivity index (χ4n) is 1.77. The molecule has 0 unspecified atom stereocenters. The van der Waals surface area contributed by atoms with Crippen LogP contribution in [-0.4, -0.2) is 15.1 Å². The van der Waals surface area contributed by atoms with Gasteiger partial charge in [0.15, 0.2) is 5.82 Å². The van der Waals surface area contributed by atoms with Crippen molar-refractivity contribution in [1.29, 1.82) is 0 Å². The molecule has 2 heterocycles. The summed E-state index contributed by atoms with van der Waals surface area (Å²) in [5, 5.41) is 3.85. The summed E-state index contributed by atoms with van der Waals surface area (Å²) in [5.41, 5.74) is 4.00. The number of rotatable bonds is 1. The average Bonchev–Trinajstić information content (AvgIpc) is 2.84. The van der Waals surface area contributed by atoms with E-state index in [4.69, 9.17) is 4.52 Å². The number of para-hydroxylation sites is 1. The highest BCUT2D eigenvalue weighted by Gasteiger charge is 2.10. The Morgan fingerprint density at radius 1 is 1.25 bits per heavy atom. The van der Waals surface area contributed by atoms with Crippen LogP contribution in [0.4, 0.5) is 0 Å². The molecule has 0 aliphatic rings. The fourth-order valence-corrected chi connectivity index (χ4v) is 1.77. The van der Waals surface area contributed by atoms with Crippen LogP contribution in [0.25, 0.3) is 22.6 Å². The molecule has 0 radical (unpaired) electrons. The van der Waals surface area contributed by atoms with Gasteiger partial charge < -0.3 is 9.51 Å². The van der Waals surface area contributed by atoms with Crippen molar-refractivity contribution in [2.75, 3.05) is 0 Å². The molecule has 4 nitrogen and oxygen atoms in total. The number of aryl methyl sites for hydroxylation is 2. The van der Waals surface area contributed by atoms with Gasteiger partial charge in [-0.2, -0.15) is 0 Å². The Hall–Kier alpha value is -2.10. The van der Waals surface area contributed by atoms with Gasteiger partial charge in [-0.25, -0.2) is 4.98 Å². The van der Waals surface area contributed by atoms with Gasteiger partial charge in [0.05, 0.1) is 16.7 Å². The van der Waals surface area contributed by atoms with E-state index >= 15 is 0 Å². The Morgan fingerprint density at radius 3 is 2.81 bits per heavy atom. The van der Waals surface area contributed by atoms with Crippen LogP contribution in [0.2, 0.25) is 0 Å². The smallest absolute Gasteiger partial charge is 0.202 e. The van der Waals surface area contributed by atoms with Crippen LogP contribution in [0.15, 0.2) is 28.8 Å². The highest BCUT2D eigenvalue weighted by molar-refractivity contribution is 5.81. The summed E-state index contributed by atoms with van der Waals surface area (Å²) in [6.07, 6.45) is 0. The van der Waals surface area contributed by atoms with Crippen molar-refractivity contribution >= 4 is 11.0 Å². The Balaban J connectivity index is 2.22. The van der Waals surface area contributed by atoms with Crippen molar-refractivity contribution in [3.63, 3.8) is 0 Å². The quantitative estimate of drug-likeness (QED) is 0.676. The van der Waals surface area contributed by atoms with Crippen molar-refractivity contribution in [2.24, 2.45) is 0 Å². The Kier molecular flexibility index (Phi) is 1.83. The zero-order valence-electron chi connectivity index (χ0n) is 9.11. The summed E-state index contributed by atoms with van der Waals surface area (Å²) in [5.74, 6) is 1.40. The SMILES string of the molecule is Cc1cc(-c2nc3c(C)cccc3[nH]2)on1. The first-order valence-electron chi connectivity index (χ1n) is 5.13. The molecule has 0 saturated carbocycles. The van der Waals surface area contributed by atoms with E-state index in [1.807, 2.05) is 38.1 Å². The molecule has 0 amide bonds. The van der Waals surface area contributed by atoms with Crippen LogP contribution in [0.1, 0.15) is 11.3 Å². The second-order valence-corrected chi connectivity index (χ2v) is 3.89. The summed E-state index contributed by atoms with van der Waals surface area (Å²) in [6, 6.07) is 7.92. The number of hydrogen-bond donors (Lipinski definition) is 1. The fraction of sp³-hybridized carbons (Fsp3) is 0.167. The minimum atomic E-state index is 0.674. The number of fused-ring (bicyclic) bond motifs is 1. The van der Waals surface area contributed by atoms with E-state index in [1.54, 1.807) is 0 Å². The molecule has 0 fully saturated rings. The molecule has 0 spiro atoms. The minimum absolute atomic E-state index is 0.674. The van der Waals surface area contributed by atoms with Crippen molar-refractivity contribution in [3.05, 3.63) is 35.5 Å². The number of H-pyrrole nitrogens is 1. The second kappa shape index (κ2) is 3.20. The molecule has 3 rings (SSSR count). The van der Waals surface area contributed by atoms with E-state index in [2.05, 4.69) is 15.1 Å². The van der Waals surface area contributed by atoms with Gasteiger partial charge in [-0.15, -0.1) is 0 Å². The number of nitrogens with zero attached hydrogens (tertiary/aromatic N) is 2. The van der Waals surface area contributed by atoms with Gasteiger partial charge >= 0.3 is 0 Å². The predicted octanol–water partition coefficient (Wildman–Crippen LogP) is 2.83. The lowest BCUT2D eigenvalue weighted by atomic mass is 10.2. The van der Waals surface area contributed by atoms with Crippen molar-refractivity contribution in [1.82, 2.24) is 15.1 Å². The van der Waals surface area contributed by atoms with Gasteiger partial charge in [-0.1, -0.05) is 17.3 Å². The van der Waals surface area contributed by atoms with Crippen LogP contribution in [0, 0.1) is 13.8 Å². The van der Waals surface area contributed by atoms with Gasteiger partial charge in [0, 0.05) is 6.07 Å². The number of aromatic amines is 1. The third-order valence-electron chi connectivity index (χ3n) is 2.58. The number of hydrogen-bond acceptors (Lipinski definition) is 3. The third kappa shape index (κ3) is 1.31. The molecule has 4 heteroatoms. The summed E-state index contributed by atoms with van der Waals surface area (Å²) < 4.78 is 5.18. The molecule has 0 bridgehead atoms. The number of benzene rings is 1. The van der Waals surface area contributed by atoms with Gasteiger partial charge in [0.25, 0.3) is 0 Å².